The molecular weight excluding hydrogens is 392 g/mol. The van der Waals surface area contributed by atoms with E-state index >= 15 is 0 Å². The summed E-state index contributed by atoms with van der Waals surface area (Å²) >= 11 is 3.34. The van der Waals surface area contributed by atoms with Crippen molar-refractivity contribution in [1.29, 1.82) is 0 Å². The molecule has 0 atom stereocenters. The Morgan fingerprint density at radius 2 is 1.96 bits per heavy atom. The van der Waals surface area contributed by atoms with Gasteiger partial charge < -0.3 is 4.74 Å². The fourth-order valence-corrected chi connectivity index (χ4v) is 4.68. The maximum Gasteiger partial charge on any atom is 0.269 e. The summed E-state index contributed by atoms with van der Waals surface area (Å²) in [4.78, 5) is 4.53. The van der Waals surface area contributed by atoms with Crippen LogP contribution in [0.15, 0.2) is 62.9 Å². The predicted molar refractivity (Wildman–Crippen MR) is 97.0 cm³/mol. The van der Waals surface area contributed by atoms with Gasteiger partial charge in [-0.25, -0.2) is 12.7 Å². The smallest absolute Gasteiger partial charge is 0.269 e. The number of halogens is 1. The van der Waals surface area contributed by atoms with Crippen LogP contribution in [0.25, 0.3) is 0 Å². The van der Waals surface area contributed by atoms with Crippen LogP contribution in [0, 0.1) is 0 Å². The molecule has 0 amide bonds. The van der Waals surface area contributed by atoms with Gasteiger partial charge in [-0.1, -0.05) is 46.3 Å². The van der Waals surface area contributed by atoms with Crippen molar-refractivity contribution in [2.24, 2.45) is 4.99 Å². The van der Waals surface area contributed by atoms with E-state index in [1.165, 1.54) is 4.31 Å². The van der Waals surface area contributed by atoms with Crippen molar-refractivity contribution in [2.45, 2.75) is 11.8 Å². The molecule has 24 heavy (non-hydrogen) atoms. The highest BCUT2D eigenvalue weighted by molar-refractivity contribution is 9.10. The van der Waals surface area contributed by atoms with Gasteiger partial charge in [-0.2, -0.15) is 0 Å². The van der Waals surface area contributed by atoms with E-state index in [9.17, 15) is 8.42 Å². The zero-order valence-corrected chi connectivity index (χ0v) is 15.5. The lowest BCUT2D eigenvalue weighted by atomic mass is 10.2. The molecule has 7 heteroatoms. The van der Waals surface area contributed by atoms with Gasteiger partial charge in [-0.3, -0.25) is 4.99 Å². The van der Waals surface area contributed by atoms with Crippen LogP contribution in [0.1, 0.15) is 12.5 Å². The van der Waals surface area contributed by atoms with E-state index in [1.807, 2.05) is 37.3 Å². The third-order valence-electron chi connectivity index (χ3n) is 3.61. The molecule has 1 aliphatic heterocycles. The Hall–Kier alpha value is -1.86. The maximum atomic E-state index is 13.2. The van der Waals surface area contributed by atoms with Gasteiger partial charge in [0.1, 0.15) is 16.5 Å². The van der Waals surface area contributed by atoms with Crippen LogP contribution in [0.5, 0.6) is 5.75 Å². The van der Waals surface area contributed by atoms with Crippen molar-refractivity contribution in [3.05, 3.63) is 58.6 Å². The number of rotatable bonds is 5. The van der Waals surface area contributed by atoms with Crippen LogP contribution in [-0.4, -0.2) is 38.3 Å². The van der Waals surface area contributed by atoms with Gasteiger partial charge in [0, 0.05) is 10.0 Å². The van der Waals surface area contributed by atoms with Crippen LogP contribution in [0.4, 0.5) is 0 Å². The second-order valence-electron chi connectivity index (χ2n) is 5.17. The molecule has 0 radical (unpaired) electrons. The van der Waals surface area contributed by atoms with Crippen molar-refractivity contribution in [3.63, 3.8) is 0 Å². The maximum absolute atomic E-state index is 13.2. The minimum absolute atomic E-state index is 0.143. The lowest BCUT2D eigenvalue weighted by molar-refractivity contribution is 0.330. The zero-order valence-electron chi connectivity index (χ0n) is 13.1. The highest BCUT2D eigenvalue weighted by Gasteiger charge is 2.33. The fourth-order valence-electron chi connectivity index (χ4n) is 2.56. The van der Waals surface area contributed by atoms with Crippen LogP contribution in [0.3, 0.4) is 0 Å². The number of nitrogens with zero attached hydrogens (tertiary/aromatic N) is 2. The van der Waals surface area contributed by atoms with Gasteiger partial charge in [-0.05, 0) is 25.1 Å². The standard InChI is InChI=1S/C17H17BrN2O3S/c1-2-23-15-9-8-14(18)12-16(15)24(21,22)20-11-10-19-17(20)13-6-4-3-5-7-13/h3-9,12H,2,10-11H2,1H3. The molecule has 0 aromatic heterocycles. The van der Waals surface area contributed by atoms with Crippen LogP contribution >= 0.6 is 15.9 Å². The third kappa shape index (κ3) is 3.18. The quantitative estimate of drug-likeness (QED) is 0.762. The highest BCUT2D eigenvalue weighted by Crippen LogP contribution is 2.31. The number of amidine groups is 1. The van der Waals surface area contributed by atoms with Crippen LogP contribution in [-0.2, 0) is 10.0 Å². The lowest BCUT2D eigenvalue weighted by Gasteiger charge is -2.22. The molecule has 0 bridgehead atoms. The number of sulfonamides is 1. The summed E-state index contributed by atoms with van der Waals surface area (Å²) in [6.07, 6.45) is 0. The first kappa shape index (κ1) is 17.0. The van der Waals surface area contributed by atoms with Gasteiger partial charge in [0.25, 0.3) is 10.0 Å². The Morgan fingerprint density at radius 1 is 1.21 bits per heavy atom. The van der Waals surface area contributed by atoms with Gasteiger partial charge in [0.2, 0.25) is 0 Å². The van der Waals surface area contributed by atoms with Gasteiger partial charge in [0.05, 0.1) is 19.7 Å². The number of benzene rings is 2. The van der Waals surface area contributed by atoms with Crippen molar-refractivity contribution in [3.8, 4) is 5.75 Å². The van der Waals surface area contributed by atoms with E-state index in [4.69, 9.17) is 4.74 Å². The summed E-state index contributed by atoms with van der Waals surface area (Å²) in [6, 6.07) is 14.3. The molecule has 3 rings (SSSR count). The average molecular weight is 409 g/mol. The Bertz CT molecular complexity index is 867. The number of hydrogen-bond acceptors (Lipinski definition) is 4. The minimum Gasteiger partial charge on any atom is -0.492 e. The Morgan fingerprint density at radius 3 is 2.67 bits per heavy atom. The summed E-state index contributed by atoms with van der Waals surface area (Å²) in [7, 11) is -3.76. The Labute approximate surface area is 150 Å². The largest absolute Gasteiger partial charge is 0.492 e. The van der Waals surface area contributed by atoms with E-state index < -0.39 is 10.0 Å². The van der Waals surface area contributed by atoms with Crippen LogP contribution < -0.4 is 4.74 Å². The number of ether oxygens (including phenoxy) is 1. The van der Waals surface area contributed by atoms with Crippen molar-refractivity contribution < 1.29 is 13.2 Å². The molecular formula is C17H17BrN2O3S. The first-order valence-corrected chi connectivity index (χ1v) is 9.82. The molecule has 1 aliphatic rings. The van der Waals surface area contributed by atoms with E-state index in [0.717, 1.165) is 5.56 Å². The van der Waals surface area contributed by atoms with E-state index in [2.05, 4.69) is 20.9 Å². The normalized spacial score (nSPS) is 14.6. The van der Waals surface area contributed by atoms with Crippen LogP contribution in [0.2, 0.25) is 0 Å². The minimum atomic E-state index is -3.76. The fraction of sp³-hybridized carbons (Fsp3) is 0.235. The second kappa shape index (κ2) is 6.94. The molecule has 0 saturated heterocycles. The molecule has 1 heterocycles. The number of aliphatic imine (C=N–C) groups is 1. The van der Waals surface area contributed by atoms with Crippen molar-refractivity contribution >= 4 is 31.8 Å². The van der Waals surface area contributed by atoms with Gasteiger partial charge in [0.15, 0.2) is 0 Å². The molecule has 2 aromatic rings. The molecule has 0 N–H and O–H groups in total. The number of hydrogen-bond donors (Lipinski definition) is 0. The Balaban J connectivity index is 2.05. The summed E-state index contributed by atoms with van der Waals surface area (Å²) < 4.78 is 34.0. The molecule has 0 spiro atoms. The molecule has 126 valence electrons. The molecule has 0 saturated carbocycles. The average Bonchev–Trinajstić information content (AvgIpc) is 3.08. The van der Waals surface area contributed by atoms with E-state index in [0.29, 0.717) is 35.8 Å². The molecule has 0 aliphatic carbocycles. The highest BCUT2D eigenvalue weighted by atomic mass is 79.9. The third-order valence-corrected chi connectivity index (χ3v) is 5.91. The molecule has 2 aromatic carbocycles. The van der Waals surface area contributed by atoms with E-state index in [-0.39, 0.29) is 4.90 Å². The second-order valence-corrected chi connectivity index (χ2v) is 7.92. The van der Waals surface area contributed by atoms with Gasteiger partial charge >= 0.3 is 0 Å². The molecule has 5 nitrogen and oxygen atoms in total. The molecule has 0 unspecified atom stereocenters. The topological polar surface area (TPSA) is 59.0 Å². The predicted octanol–water partition coefficient (Wildman–Crippen LogP) is 3.30. The molecule has 0 fully saturated rings. The van der Waals surface area contributed by atoms with Crippen molar-refractivity contribution in [1.82, 2.24) is 4.31 Å². The zero-order chi connectivity index (χ0) is 17.2. The summed E-state index contributed by atoms with van der Waals surface area (Å²) in [6.45, 7) is 2.99. The first-order valence-electron chi connectivity index (χ1n) is 7.59. The lowest BCUT2D eigenvalue weighted by Crippen LogP contribution is -2.35. The van der Waals surface area contributed by atoms with Gasteiger partial charge in [-0.15, -0.1) is 0 Å². The first-order chi connectivity index (χ1) is 11.5. The Kier molecular flexibility index (Phi) is 4.91. The summed E-state index contributed by atoms with van der Waals surface area (Å²) in [5.74, 6) is 0.818. The monoisotopic (exact) mass is 408 g/mol. The van der Waals surface area contributed by atoms with Crippen molar-refractivity contribution in [2.75, 3.05) is 19.7 Å². The summed E-state index contributed by atoms with van der Waals surface area (Å²) in [5.41, 5.74) is 0.784. The summed E-state index contributed by atoms with van der Waals surface area (Å²) in [5, 5.41) is 0. The van der Waals surface area contributed by atoms with E-state index in [1.54, 1.807) is 18.2 Å². The SMILES string of the molecule is CCOc1ccc(Br)cc1S(=O)(=O)N1CCN=C1c1ccccc1.